The molecule has 1 saturated carbocycles. The molecule has 0 N–H and O–H groups in total. The third-order valence-corrected chi connectivity index (χ3v) is 7.64. The van der Waals surface area contributed by atoms with Crippen LogP contribution in [0.3, 0.4) is 0 Å². The summed E-state index contributed by atoms with van der Waals surface area (Å²) in [5.41, 5.74) is 4.45. The van der Waals surface area contributed by atoms with E-state index in [4.69, 9.17) is 4.74 Å². The van der Waals surface area contributed by atoms with Crippen LogP contribution in [0.5, 0.6) is 5.75 Å². The second kappa shape index (κ2) is 13.4. The highest BCUT2D eigenvalue weighted by Crippen LogP contribution is 2.44. The standard InChI is InChI=1S/C31H43NO/c1-4-6-8-10-13-24(3)25-16-18-27(19-17-25)30-22-31(33-20-7-5-2)28(23-32)21-29(30)26-14-11-9-12-15-26/h9,11-12,14-15,21-22,24-25,27H,4-8,10,13,16-20H2,1-3H3. The molecule has 1 fully saturated rings. The number of nitrogens with zero attached hydrogens (tertiary/aromatic N) is 1. The quantitative estimate of drug-likeness (QED) is 0.305. The van der Waals surface area contributed by atoms with Crippen molar-refractivity contribution in [2.24, 2.45) is 11.8 Å². The number of benzene rings is 2. The molecule has 33 heavy (non-hydrogen) atoms. The van der Waals surface area contributed by atoms with Crippen molar-refractivity contribution < 1.29 is 4.74 Å². The van der Waals surface area contributed by atoms with E-state index in [2.05, 4.69) is 69.3 Å². The van der Waals surface area contributed by atoms with Gasteiger partial charge in [0, 0.05) is 0 Å². The van der Waals surface area contributed by atoms with Crippen LogP contribution in [-0.2, 0) is 0 Å². The second-order valence-electron chi connectivity index (χ2n) is 10.1. The molecule has 0 aromatic heterocycles. The highest BCUT2D eigenvalue weighted by atomic mass is 16.5. The highest BCUT2D eigenvalue weighted by Gasteiger charge is 2.28. The Balaban J connectivity index is 1.78. The van der Waals surface area contributed by atoms with E-state index < -0.39 is 0 Å². The first-order valence-corrected chi connectivity index (χ1v) is 13.4. The van der Waals surface area contributed by atoms with Crippen LogP contribution in [0.2, 0.25) is 0 Å². The predicted octanol–water partition coefficient (Wildman–Crippen LogP) is 9.28. The zero-order valence-electron chi connectivity index (χ0n) is 21.1. The molecule has 178 valence electrons. The molecule has 0 amide bonds. The fourth-order valence-electron chi connectivity index (χ4n) is 5.46. The first-order chi connectivity index (χ1) is 16.2. The molecule has 0 heterocycles. The largest absolute Gasteiger partial charge is 0.492 e. The lowest BCUT2D eigenvalue weighted by Gasteiger charge is -2.33. The number of unbranched alkanes of at least 4 members (excludes halogenated alkanes) is 4. The van der Waals surface area contributed by atoms with Gasteiger partial charge in [-0.2, -0.15) is 5.26 Å². The Morgan fingerprint density at radius 1 is 0.939 bits per heavy atom. The molecule has 2 aromatic rings. The van der Waals surface area contributed by atoms with Crippen LogP contribution in [0.4, 0.5) is 0 Å². The third kappa shape index (κ3) is 7.10. The predicted molar refractivity (Wildman–Crippen MR) is 140 cm³/mol. The van der Waals surface area contributed by atoms with Crippen LogP contribution in [0, 0.1) is 23.2 Å². The van der Waals surface area contributed by atoms with Gasteiger partial charge in [-0.25, -0.2) is 0 Å². The minimum absolute atomic E-state index is 0.546. The van der Waals surface area contributed by atoms with Gasteiger partial charge < -0.3 is 4.74 Å². The molecule has 0 spiro atoms. The summed E-state index contributed by atoms with van der Waals surface area (Å²) in [5, 5.41) is 9.82. The fraction of sp³-hybridized carbons (Fsp3) is 0.581. The summed E-state index contributed by atoms with van der Waals surface area (Å²) in [7, 11) is 0. The lowest BCUT2D eigenvalue weighted by atomic mass is 9.72. The van der Waals surface area contributed by atoms with Crippen molar-refractivity contribution >= 4 is 0 Å². The zero-order valence-corrected chi connectivity index (χ0v) is 21.1. The lowest BCUT2D eigenvalue weighted by molar-refractivity contribution is 0.231. The summed E-state index contributed by atoms with van der Waals surface area (Å²) >= 11 is 0. The number of hydrogen-bond donors (Lipinski definition) is 0. The molecule has 3 rings (SSSR count). The number of hydrogen-bond acceptors (Lipinski definition) is 2. The molecule has 1 unspecified atom stereocenters. The average molecular weight is 446 g/mol. The molecule has 2 nitrogen and oxygen atoms in total. The molecule has 1 atom stereocenters. The van der Waals surface area contributed by atoms with Crippen molar-refractivity contribution in [1.29, 1.82) is 5.26 Å². The zero-order chi connectivity index (χ0) is 23.5. The summed E-state index contributed by atoms with van der Waals surface area (Å²) in [6.07, 6.45) is 14.1. The number of nitriles is 1. The van der Waals surface area contributed by atoms with Crippen LogP contribution in [-0.4, -0.2) is 6.61 Å². The monoisotopic (exact) mass is 445 g/mol. The van der Waals surface area contributed by atoms with E-state index in [1.54, 1.807) is 0 Å². The van der Waals surface area contributed by atoms with E-state index in [0.29, 0.717) is 18.1 Å². The fourth-order valence-corrected chi connectivity index (χ4v) is 5.46. The summed E-state index contributed by atoms with van der Waals surface area (Å²) in [6.45, 7) is 7.62. The van der Waals surface area contributed by atoms with Gasteiger partial charge in [-0.05, 0) is 78.7 Å². The van der Waals surface area contributed by atoms with E-state index in [1.165, 1.54) is 74.5 Å². The van der Waals surface area contributed by atoms with Gasteiger partial charge in [0.15, 0.2) is 0 Å². The normalized spacial score (nSPS) is 19.1. The van der Waals surface area contributed by atoms with Gasteiger partial charge in [-0.15, -0.1) is 0 Å². The van der Waals surface area contributed by atoms with E-state index in [-0.39, 0.29) is 0 Å². The maximum atomic E-state index is 9.82. The Kier molecular flexibility index (Phi) is 10.3. The second-order valence-corrected chi connectivity index (χ2v) is 10.1. The van der Waals surface area contributed by atoms with Crippen molar-refractivity contribution in [2.75, 3.05) is 6.61 Å². The van der Waals surface area contributed by atoms with E-state index in [0.717, 1.165) is 30.4 Å². The lowest BCUT2D eigenvalue weighted by Crippen LogP contribution is -2.20. The van der Waals surface area contributed by atoms with Crippen LogP contribution in [0.25, 0.3) is 11.1 Å². The Labute approximate surface area is 202 Å². The van der Waals surface area contributed by atoms with Crippen LogP contribution in [0.15, 0.2) is 42.5 Å². The first kappa shape index (κ1) is 25.4. The minimum Gasteiger partial charge on any atom is -0.492 e. The SMILES string of the molecule is CCCCCCC(C)C1CCC(c2cc(OCCCC)c(C#N)cc2-c2ccccc2)CC1. The molecule has 0 aliphatic heterocycles. The van der Waals surface area contributed by atoms with Crippen molar-refractivity contribution in [2.45, 2.75) is 97.3 Å². The summed E-state index contributed by atoms with van der Waals surface area (Å²) in [5.74, 6) is 3.02. The van der Waals surface area contributed by atoms with E-state index in [1.807, 2.05) is 0 Å². The summed E-state index contributed by atoms with van der Waals surface area (Å²) in [6, 6.07) is 17.2. The average Bonchev–Trinajstić information content (AvgIpc) is 2.87. The molecule has 1 aliphatic carbocycles. The molecule has 2 aromatic carbocycles. The van der Waals surface area contributed by atoms with Crippen molar-refractivity contribution in [1.82, 2.24) is 0 Å². The van der Waals surface area contributed by atoms with Gasteiger partial charge in [0.05, 0.1) is 12.2 Å². The smallest absolute Gasteiger partial charge is 0.137 e. The summed E-state index contributed by atoms with van der Waals surface area (Å²) in [4.78, 5) is 0. The van der Waals surface area contributed by atoms with Gasteiger partial charge in [0.1, 0.15) is 11.8 Å². The molecule has 0 saturated heterocycles. The van der Waals surface area contributed by atoms with Gasteiger partial charge >= 0.3 is 0 Å². The maximum Gasteiger partial charge on any atom is 0.137 e. The molecule has 2 heteroatoms. The maximum absolute atomic E-state index is 9.82. The molecular formula is C31H43NO. The van der Waals surface area contributed by atoms with E-state index >= 15 is 0 Å². The molecule has 0 bridgehead atoms. The number of ether oxygens (including phenoxy) is 1. The number of rotatable bonds is 12. The highest BCUT2D eigenvalue weighted by molar-refractivity contribution is 5.72. The Morgan fingerprint density at radius 3 is 2.33 bits per heavy atom. The van der Waals surface area contributed by atoms with Crippen molar-refractivity contribution in [3.63, 3.8) is 0 Å². The molecule has 0 radical (unpaired) electrons. The van der Waals surface area contributed by atoms with Crippen LogP contribution < -0.4 is 4.74 Å². The topological polar surface area (TPSA) is 33.0 Å². The van der Waals surface area contributed by atoms with Gasteiger partial charge in [0.25, 0.3) is 0 Å². The Hall–Kier alpha value is -2.27. The molecular weight excluding hydrogens is 402 g/mol. The first-order valence-electron chi connectivity index (χ1n) is 13.4. The van der Waals surface area contributed by atoms with Crippen molar-refractivity contribution in [3.05, 3.63) is 53.6 Å². The van der Waals surface area contributed by atoms with Crippen LogP contribution in [0.1, 0.15) is 108 Å². The van der Waals surface area contributed by atoms with E-state index in [9.17, 15) is 5.26 Å². The van der Waals surface area contributed by atoms with Gasteiger partial charge in [-0.1, -0.05) is 89.6 Å². The van der Waals surface area contributed by atoms with Crippen molar-refractivity contribution in [3.8, 4) is 22.9 Å². The van der Waals surface area contributed by atoms with Crippen LogP contribution >= 0.6 is 0 Å². The Morgan fingerprint density at radius 2 is 1.67 bits per heavy atom. The minimum atomic E-state index is 0.546. The van der Waals surface area contributed by atoms with Gasteiger partial charge in [-0.3, -0.25) is 0 Å². The molecule has 1 aliphatic rings. The van der Waals surface area contributed by atoms with Gasteiger partial charge in [0.2, 0.25) is 0 Å². The Bertz CT molecular complexity index is 874. The third-order valence-electron chi connectivity index (χ3n) is 7.64. The summed E-state index contributed by atoms with van der Waals surface area (Å²) < 4.78 is 6.09.